The molecule has 2 nitrogen and oxygen atoms in total. The molecule has 0 aliphatic carbocycles. The predicted molar refractivity (Wildman–Crippen MR) is 53.6 cm³/mol. The van der Waals surface area contributed by atoms with Gasteiger partial charge in [0.2, 0.25) is 0 Å². The standard InChI is InChI=1S/C11H13NO/c1-3-4-11(12)9-5-7-10(13-2)8-6-9/h4-8,11H,1,12H2,2H3. The van der Waals surface area contributed by atoms with Crippen LogP contribution in [0.4, 0.5) is 0 Å². The van der Waals surface area contributed by atoms with Gasteiger partial charge in [0, 0.05) is 0 Å². The molecule has 0 aliphatic rings. The summed E-state index contributed by atoms with van der Waals surface area (Å²) < 4.78 is 5.03. The van der Waals surface area contributed by atoms with Crippen LogP contribution in [0, 0.1) is 0 Å². The fourth-order valence-electron chi connectivity index (χ4n) is 1.05. The van der Waals surface area contributed by atoms with E-state index in [4.69, 9.17) is 10.5 Å². The van der Waals surface area contributed by atoms with Crippen LogP contribution < -0.4 is 10.5 Å². The smallest absolute Gasteiger partial charge is 0.118 e. The molecule has 0 amide bonds. The lowest BCUT2D eigenvalue weighted by atomic mass is 10.1. The van der Waals surface area contributed by atoms with E-state index in [1.54, 1.807) is 13.2 Å². The molecule has 0 aromatic heterocycles. The normalized spacial score (nSPS) is 11.5. The third kappa shape index (κ3) is 2.48. The van der Waals surface area contributed by atoms with Crippen molar-refractivity contribution in [3.63, 3.8) is 0 Å². The average molecular weight is 175 g/mol. The Morgan fingerprint density at radius 3 is 2.54 bits per heavy atom. The molecule has 1 unspecified atom stereocenters. The van der Waals surface area contributed by atoms with Gasteiger partial charge in [0.25, 0.3) is 0 Å². The topological polar surface area (TPSA) is 35.2 Å². The monoisotopic (exact) mass is 175 g/mol. The molecule has 0 aliphatic heterocycles. The minimum atomic E-state index is -0.136. The van der Waals surface area contributed by atoms with Crippen molar-refractivity contribution in [3.05, 3.63) is 48.2 Å². The van der Waals surface area contributed by atoms with Gasteiger partial charge >= 0.3 is 0 Å². The number of ether oxygens (including phenoxy) is 1. The summed E-state index contributed by atoms with van der Waals surface area (Å²) >= 11 is 0. The van der Waals surface area contributed by atoms with Crippen molar-refractivity contribution < 1.29 is 4.74 Å². The molecule has 1 aromatic carbocycles. The van der Waals surface area contributed by atoms with Gasteiger partial charge in [0.1, 0.15) is 5.75 Å². The molecule has 13 heavy (non-hydrogen) atoms. The maximum absolute atomic E-state index is 5.80. The Bertz CT molecular complexity index is 309. The number of rotatable bonds is 3. The van der Waals surface area contributed by atoms with E-state index < -0.39 is 0 Å². The first-order valence-corrected chi connectivity index (χ1v) is 4.03. The maximum Gasteiger partial charge on any atom is 0.118 e. The van der Waals surface area contributed by atoms with Crippen LogP contribution in [0.15, 0.2) is 42.7 Å². The van der Waals surface area contributed by atoms with Gasteiger partial charge in [-0.3, -0.25) is 0 Å². The third-order valence-electron chi connectivity index (χ3n) is 1.80. The molecule has 0 radical (unpaired) electrons. The number of hydrogen-bond donors (Lipinski definition) is 1. The fourth-order valence-corrected chi connectivity index (χ4v) is 1.05. The highest BCUT2D eigenvalue weighted by Gasteiger charge is 2.00. The molecule has 2 heteroatoms. The summed E-state index contributed by atoms with van der Waals surface area (Å²) in [5, 5.41) is 0. The quantitative estimate of drug-likeness (QED) is 0.713. The second-order valence-corrected chi connectivity index (χ2v) is 2.67. The number of nitrogens with two attached hydrogens (primary N) is 1. The molecular formula is C11H13NO. The van der Waals surface area contributed by atoms with Gasteiger partial charge in [-0.1, -0.05) is 18.7 Å². The van der Waals surface area contributed by atoms with Crippen LogP contribution in [0.3, 0.4) is 0 Å². The highest BCUT2D eigenvalue weighted by atomic mass is 16.5. The number of benzene rings is 1. The lowest BCUT2D eigenvalue weighted by Crippen LogP contribution is -2.05. The van der Waals surface area contributed by atoms with Crippen LogP contribution in [0.1, 0.15) is 11.6 Å². The summed E-state index contributed by atoms with van der Waals surface area (Å²) in [7, 11) is 1.64. The van der Waals surface area contributed by atoms with E-state index in [-0.39, 0.29) is 6.04 Å². The van der Waals surface area contributed by atoms with Gasteiger partial charge in [-0.25, -0.2) is 0 Å². The molecule has 0 saturated carbocycles. The summed E-state index contributed by atoms with van der Waals surface area (Å²) in [5.74, 6) is 0.832. The molecule has 0 spiro atoms. The van der Waals surface area contributed by atoms with Gasteiger partial charge in [-0.05, 0) is 23.8 Å². The molecular weight excluding hydrogens is 162 g/mol. The largest absolute Gasteiger partial charge is 0.497 e. The highest BCUT2D eigenvalue weighted by molar-refractivity contribution is 5.30. The van der Waals surface area contributed by atoms with Crippen molar-refractivity contribution in [3.8, 4) is 5.75 Å². The Morgan fingerprint density at radius 2 is 2.08 bits per heavy atom. The van der Waals surface area contributed by atoms with E-state index in [1.165, 1.54) is 0 Å². The molecule has 0 saturated heterocycles. The second kappa shape index (κ2) is 4.51. The van der Waals surface area contributed by atoms with Crippen LogP contribution in [0.5, 0.6) is 5.75 Å². The molecule has 0 heterocycles. The third-order valence-corrected chi connectivity index (χ3v) is 1.80. The molecule has 1 aromatic rings. The molecule has 68 valence electrons. The summed E-state index contributed by atoms with van der Waals surface area (Å²) in [4.78, 5) is 0. The van der Waals surface area contributed by atoms with E-state index in [9.17, 15) is 0 Å². The van der Waals surface area contributed by atoms with Crippen LogP contribution in [0.2, 0.25) is 0 Å². The Labute approximate surface area is 78.3 Å². The summed E-state index contributed by atoms with van der Waals surface area (Å²) in [6.45, 7) is 3.47. The number of hydrogen-bond acceptors (Lipinski definition) is 2. The predicted octanol–water partition coefficient (Wildman–Crippen LogP) is 2.04. The van der Waals surface area contributed by atoms with E-state index >= 15 is 0 Å². The zero-order valence-corrected chi connectivity index (χ0v) is 7.66. The van der Waals surface area contributed by atoms with Crippen molar-refractivity contribution >= 4 is 0 Å². The molecule has 0 bridgehead atoms. The molecule has 1 atom stereocenters. The van der Waals surface area contributed by atoms with Crippen molar-refractivity contribution in [2.24, 2.45) is 5.73 Å². The molecule has 1 rings (SSSR count). The van der Waals surface area contributed by atoms with E-state index in [0.29, 0.717) is 0 Å². The van der Waals surface area contributed by atoms with Crippen molar-refractivity contribution in [1.82, 2.24) is 0 Å². The van der Waals surface area contributed by atoms with Crippen molar-refractivity contribution in [1.29, 1.82) is 0 Å². The average Bonchev–Trinajstić information content (AvgIpc) is 2.18. The van der Waals surface area contributed by atoms with Gasteiger partial charge in [-0.15, -0.1) is 5.73 Å². The van der Waals surface area contributed by atoms with Crippen molar-refractivity contribution in [2.45, 2.75) is 6.04 Å². The van der Waals surface area contributed by atoms with Gasteiger partial charge in [0.15, 0.2) is 0 Å². The van der Waals surface area contributed by atoms with E-state index in [0.717, 1.165) is 11.3 Å². The summed E-state index contributed by atoms with van der Waals surface area (Å²) in [5.41, 5.74) is 9.49. The molecule has 0 fully saturated rings. The van der Waals surface area contributed by atoms with Gasteiger partial charge in [0.05, 0.1) is 13.2 Å². The van der Waals surface area contributed by atoms with Crippen molar-refractivity contribution in [2.75, 3.05) is 7.11 Å². The number of methoxy groups -OCH3 is 1. The first-order chi connectivity index (χ1) is 6.27. The first-order valence-electron chi connectivity index (χ1n) is 4.03. The zero-order chi connectivity index (χ0) is 9.68. The Kier molecular flexibility index (Phi) is 3.32. The Balaban J connectivity index is 2.85. The lowest BCUT2D eigenvalue weighted by molar-refractivity contribution is 0.414. The van der Waals surface area contributed by atoms with Gasteiger partial charge in [-0.2, -0.15) is 0 Å². The maximum atomic E-state index is 5.80. The molecule has 2 N–H and O–H groups in total. The van der Waals surface area contributed by atoms with Crippen LogP contribution in [-0.2, 0) is 0 Å². The zero-order valence-electron chi connectivity index (χ0n) is 7.66. The van der Waals surface area contributed by atoms with E-state index in [1.807, 2.05) is 24.3 Å². The fraction of sp³-hybridized carbons (Fsp3) is 0.182. The second-order valence-electron chi connectivity index (χ2n) is 2.67. The summed E-state index contributed by atoms with van der Waals surface area (Å²) in [6.07, 6.45) is 1.72. The highest BCUT2D eigenvalue weighted by Crippen LogP contribution is 2.16. The Hall–Kier alpha value is -1.50. The van der Waals surface area contributed by atoms with Gasteiger partial charge < -0.3 is 10.5 Å². The Morgan fingerprint density at radius 1 is 1.46 bits per heavy atom. The minimum Gasteiger partial charge on any atom is -0.497 e. The minimum absolute atomic E-state index is 0.136. The SMILES string of the molecule is C=C=CC(N)c1ccc(OC)cc1. The van der Waals surface area contributed by atoms with Crippen LogP contribution in [-0.4, -0.2) is 7.11 Å². The summed E-state index contributed by atoms with van der Waals surface area (Å²) in [6, 6.07) is 7.48. The lowest BCUT2D eigenvalue weighted by Gasteiger charge is -2.06. The van der Waals surface area contributed by atoms with Crippen LogP contribution >= 0.6 is 0 Å². The van der Waals surface area contributed by atoms with E-state index in [2.05, 4.69) is 12.3 Å². The van der Waals surface area contributed by atoms with Crippen LogP contribution in [0.25, 0.3) is 0 Å². The first kappa shape index (κ1) is 9.59.